The predicted octanol–water partition coefficient (Wildman–Crippen LogP) is 0.264. The molecule has 0 spiro atoms. The van der Waals surface area contributed by atoms with Crippen LogP contribution in [0.4, 0.5) is 0 Å². The van der Waals surface area contributed by atoms with Gasteiger partial charge in [0.1, 0.15) is 6.04 Å². The summed E-state index contributed by atoms with van der Waals surface area (Å²) in [5, 5.41) is 9.24. The third kappa shape index (κ3) is 3.12. The number of nitrogens with two attached hydrogens (primary N) is 1. The van der Waals surface area contributed by atoms with Gasteiger partial charge in [0.25, 0.3) is 0 Å². The lowest BCUT2D eigenvalue weighted by Crippen LogP contribution is -2.56. The van der Waals surface area contributed by atoms with Crippen molar-refractivity contribution in [3.05, 3.63) is 0 Å². The fourth-order valence-electron chi connectivity index (χ4n) is 3.30. The molecule has 3 N–H and O–H groups in total. The molecule has 2 saturated heterocycles. The molecular formula is C14H25N3O3. The van der Waals surface area contributed by atoms with Gasteiger partial charge in [-0.25, -0.2) is 0 Å². The van der Waals surface area contributed by atoms with Crippen molar-refractivity contribution in [2.24, 2.45) is 5.73 Å². The summed E-state index contributed by atoms with van der Waals surface area (Å²) in [4.78, 5) is 27.3. The summed E-state index contributed by atoms with van der Waals surface area (Å²) in [6.45, 7) is 5.66. The highest BCUT2D eigenvalue weighted by atomic mass is 16.4. The minimum atomic E-state index is -0.829. The molecule has 0 aliphatic carbocycles. The van der Waals surface area contributed by atoms with Crippen LogP contribution < -0.4 is 5.73 Å². The molecule has 0 saturated carbocycles. The van der Waals surface area contributed by atoms with E-state index in [4.69, 9.17) is 5.73 Å². The second kappa shape index (κ2) is 5.69. The second-order valence-corrected chi connectivity index (χ2v) is 6.48. The molecule has 6 nitrogen and oxygen atoms in total. The normalized spacial score (nSPS) is 25.9. The van der Waals surface area contributed by atoms with E-state index in [0.29, 0.717) is 13.1 Å². The number of likely N-dealkylation sites (tertiary alicyclic amines) is 2. The Bertz CT molecular complexity index is 384. The van der Waals surface area contributed by atoms with Gasteiger partial charge in [0, 0.05) is 19.1 Å². The van der Waals surface area contributed by atoms with E-state index in [9.17, 15) is 14.7 Å². The quantitative estimate of drug-likeness (QED) is 0.776. The number of aliphatic carboxylic acids is 1. The molecule has 6 heteroatoms. The van der Waals surface area contributed by atoms with Crippen LogP contribution in [0.25, 0.3) is 0 Å². The first-order chi connectivity index (χ1) is 9.30. The summed E-state index contributed by atoms with van der Waals surface area (Å²) >= 11 is 0. The van der Waals surface area contributed by atoms with Crippen molar-refractivity contribution in [2.45, 2.75) is 57.2 Å². The zero-order valence-corrected chi connectivity index (χ0v) is 12.3. The highest BCUT2D eigenvalue weighted by Crippen LogP contribution is 2.26. The van der Waals surface area contributed by atoms with Gasteiger partial charge in [-0.15, -0.1) is 0 Å². The zero-order valence-electron chi connectivity index (χ0n) is 12.3. The van der Waals surface area contributed by atoms with E-state index in [0.717, 1.165) is 32.2 Å². The van der Waals surface area contributed by atoms with Crippen LogP contribution in [0.3, 0.4) is 0 Å². The van der Waals surface area contributed by atoms with Gasteiger partial charge < -0.3 is 15.7 Å². The lowest BCUT2D eigenvalue weighted by Gasteiger charge is -2.40. The molecule has 1 amide bonds. The van der Waals surface area contributed by atoms with Crippen LogP contribution >= 0.6 is 0 Å². The summed E-state index contributed by atoms with van der Waals surface area (Å²) in [6.07, 6.45) is 3.37. The van der Waals surface area contributed by atoms with Gasteiger partial charge in [0.15, 0.2) is 0 Å². The first-order valence-corrected chi connectivity index (χ1v) is 7.37. The smallest absolute Gasteiger partial charge is 0.320 e. The molecular weight excluding hydrogens is 258 g/mol. The van der Waals surface area contributed by atoms with Crippen molar-refractivity contribution in [2.75, 3.05) is 19.6 Å². The largest absolute Gasteiger partial charge is 0.480 e. The summed E-state index contributed by atoms with van der Waals surface area (Å²) in [7, 11) is 0. The van der Waals surface area contributed by atoms with E-state index in [2.05, 4.69) is 4.90 Å². The first-order valence-electron chi connectivity index (χ1n) is 7.37. The van der Waals surface area contributed by atoms with Gasteiger partial charge in [-0.2, -0.15) is 0 Å². The van der Waals surface area contributed by atoms with Crippen molar-refractivity contribution in [1.29, 1.82) is 0 Å². The number of carbonyl (C=O) groups excluding carboxylic acids is 1. The molecule has 0 radical (unpaired) electrons. The molecule has 1 unspecified atom stereocenters. The number of hydrogen-bond acceptors (Lipinski definition) is 4. The summed E-state index contributed by atoms with van der Waals surface area (Å²) in [6, 6.07) is -0.0586. The van der Waals surface area contributed by atoms with Crippen molar-refractivity contribution in [3.8, 4) is 0 Å². The number of carbonyl (C=O) groups is 2. The molecule has 0 aromatic rings. The van der Waals surface area contributed by atoms with Crippen LogP contribution in [0.15, 0.2) is 0 Å². The highest BCUT2D eigenvalue weighted by Gasteiger charge is 2.38. The molecule has 0 bridgehead atoms. The van der Waals surface area contributed by atoms with Gasteiger partial charge in [0.05, 0.1) is 5.54 Å². The van der Waals surface area contributed by atoms with Crippen molar-refractivity contribution in [3.63, 3.8) is 0 Å². The number of hydrogen-bond donors (Lipinski definition) is 2. The topological polar surface area (TPSA) is 86.9 Å². The van der Waals surface area contributed by atoms with E-state index in [1.165, 1.54) is 0 Å². The third-order valence-corrected chi connectivity index (χ3v) is 4.35. The summed E-state index contributed by atoms with van der Waals surface area (Å²) < 4.78 is 0. The Morgan fingerprint density at radius 3 is 2.25 bits per heavy atom. The molecule has 0 aromatic carbocycles. The Hall–Kier alpha value is -1.14. The number of amides is 1. The van der Waals surface area contributed by atoms with E-state index in [1.54, 1.807) is 13.8 Å². The lowest BCUT2D eigenvalue weighted by atomic mass is 9.98. The Morgan fingerprint density at radius 2 is 1.75 bits per heavy atom. The Balaban J connectivity index is 1.91. The minimum Gasteiger partial charge on any atom is -0.480 e. The molecule has 114 valence electrons. The Morgan fingerprint density at radius 1 is 1.15 bits per heavy atom. The van der Waals surface area contributed by atoms with Crippen LogP contribution in [0.1, 0.15) is 39.5 Å². The summed E-state index contributed by atoms with van der Waals surface area (Å²) in [5.41, 5.74) is 5.02. The fraction of sp³-hybridized carbons (Fsp3) is 0.857. The molecule has 2 aliphatic rings. The van der Waals surface area contributed by atoms with Crippen LogP contribution in [0, 0.1) is 0 Å². The molecule has 2 fully saturated rings. The molecule has 2 aliphatic heterocycles. The lowest BCUT2D eigenvalue weighted by molar-refractivity contribution is -0.144. The second-order valence-electron chi connectivity index (χ2n) is 6.48. The predicted molar refractivity (Wildman–Crippen MR) is 75.2 cm³/mol. The number of carboxylic acids is 1. The van der Waals surface area contributed by atoms with Crippen molar-refractivity contribution < 1.29 is 14.7 Å². The number of rotatable bonds is 3. The van der Waals surface area contributed by atoms with E-state index in [-0.39, 0.29) is 18.0 Å². The van der Waals surface area contributed by atoms with Gasteiger partial charge >= 0.3 is 5.97 Å². The molecule has 2 heterocycles. The highest BCUT2D eigenvalue weighted by molar-refractivity contribution is 5.85. The maximum Gasteiger partial charge on any atom is 0.320 e. The molecule has 1 atom stereocenters. The maximum absolute atomic E-state index is 12.1. The molecule has 0 aromatic heterocycles. The SMILES string of the molecule is CC(C)(N)C(=O)N1CCC(N2CCCC2C(=O)O)CC1. The third-order valence-electron chi connectivity index (χ3n) is 4.35. The summed E-state index contributed by atoms with van der Waals surface area (Å²) in [5.74, 6) is -0.740. The van der Waals surface area contributed by atoms with Gasteiger partial charge in [0.2, 0.25) is 5.91 Å². The van der Waals surface area contributed by atoms with Crippen LogP contribution in [0.5, 0.6) is 0 Å². The minimum absolute atomic E-state index is 0.0212. The standard InChI is InChI=1S/C14H25N3O3/c1-14(2,15)13(20)16-8-5-10(6-9-16)17-7-3-4-11(17)12(18)19/h10-11H,3-9,15H2,1-2H3,(H,18,19). The molecule has 2 rings (SSSR count). The van der Waals surface area contributed by atoms with Crippen LogP contribution in [0.2, 0.25) is 0 Å². The average Bonchev–Trinajstić information content (AvgIpc) is 2.86. The maximum atomic E-state index is 12.1. The molecule has 20 heavy (non-hydrogen) atoms. The number of piperidine rings is 1. The Kier molecular flexibility index (Phi) is 4.34. The van der Waals surface area contributed by atoms with Gasteiger partial charge in [-0.05, 0) is 46.1 Å². The van der Waals surface area contributed by atoms with E-state index >= 15 is 0 Å². The van der Waals surface area contributed by atoms with Gasteiger partial charge in [-0.1, -0.05) is 0 Å². The fourth-order valence-corrected chi connectivity index (χ4v) is 3.30. The van der Waals surface area contributed by atoms with E-state index < -0.39 is 11.5 Å². The number of carboxylic acid groups (broad SMARTS) is 1. The van der Waals surface area contributed by atoms with Gasteiger partial charge in [-0.3, -0.25) is 14.5 Å². The zero-order chi connectivity index (χ0) is 14.9. The monoisotopic (exact) mass is 283 g/mol. The average molecular weight is 283 g/mol. The van der Waals surface area contributed by atoms with E-state index in [1.807, 2.05) is 4.90 Å². The van der Waals surface area contributed by atoms with Crippen LogP contribution in [-0.4, -0.2) is 64.0 Å². The Labute approximate surface area is 119 Å². The number of nitrogens with zero attached hydrogens (tertiary/aromatic N) is 2. The first kappa shape index (κ1) is 15.3. The van der Waals surface area contributed by atoms with Crippen LogP contribution in [-0.2, 0) is 9.59 Å². The van der Waals surface area contributed by atoms with Crippen molar-refractivity contribution in [1.82, 2.24) is 9.80 Å². The van der Waals surface area contributed by atoms with Crippen molar-refractivity contribution >= 4 is 11.9 Å².